The van der Waals surface area contributed by atoms with E-state index in [1.807, 2.05) is 0 Å². The summed E-state index contributed by atoms with van der Waals surface area (Å²) < 4.78 is 11.1. The Morgan fingerprint density at radius 2 is 1.33 bits per heavy atom. The van der Waals surface area contributed by atoms with Crippen molar-refractivity contribution < 1.29 is 14.3 Å². The first kappa shape index (κ1) is 15.5. The van der Waals surface area contributed by atoms with Crippen LogP contribution in [-0.2, 0) is 14.3 Å². The third kappa shape index (κ3) is 4.29. The molecule has 0 aromatic rings. The predicted molar refractivity (Wildman–Crippen MR) is 81.9 cm³/mol. The molecule has 3 nitrogen and oxygen atoms in total. The molecule has 0 N–H and O–H groups in total. The van der Waals surface area contributed by atoms with Crippen LogP contribution in [0.4, 0.5) is 0 Å². The van der Waals surface area contributed by atoms with E-state index >= 15 is 0 Å². The molecule has 0 amide bonds. The van der Waals surface area contributed by atoms with Crippen LogP contribution < -0.4 is 0 Å². The Hall–Kier alpha value is -0.410. The SMILES string of the molecule is O=CC1CCC(C2CCC(CCC3OCCO3)CC2)CC1. The standard InChI is InChI=1S/C18H30O3/c19-13-15-3-8-17(9-4-15)16-6-1-14(2-7-16)5-10-18-20-11-12-21-18/h13-18H,1-12H2. The van der Waals surface area contributed by atoms with Gasteiger partial charge in [0.25, 0.3) is 0 Å². The van der Waals surface area contributed by atoms with E-state index in [0.29, 0.717) is 5.92 Å². The summed E-state index contributed by atoms with van der Waals surface area (Å²) in [6.45, 7) is 1.56. The van der Waals surface area contributed by atoms with Crippen LogP contribution in [0.5, 0.6) is 0 Å². The Labute approximate surface area is 128 Å². The summed E-state index contributed by atoms with van der Waals surface area (Å²) in [5.41, 5.74) is 0. The fourth-order valence-corrected chi connectivity index (χ4v) is 4.65. The van der Waals surface area contributed by atoms with Gasteiger partial charge in [0.05, 0.1) is 13.2 Å². The first-order valence-corrected chi connectivity index (χ1v) is 9.03. The van der Waals surface area contributed by atoms with E-state index in [-0.39, 0.29) is 6.29 Å². The molecule has 1 heterocycles. The van der Waals surface area contributed by atoms with Gasteiger partial charge in [0.1, 0.15) is 6.29 Å². The zero-order valence-corrected chi connectivity index (χ0v) is 13.2. The zero-order chi connectivity index (χ0) is 14.5. The van der Waals surface area contributed by atoms with Gasteiger partial charge >= 0.3 is 0 Å². The van der Waals surface area contributed by atoms with E-state index in [1.54, 1.807) is 0 Å². The summed E-state index contributed by atoms with van der Waals surface area (Å²) in [6.07, 6.45) is 14.1. The molecule has 0 unspecified atom stereocenters. The molecule has 0 radical (unpaired) electrons. The lowest BCUT2D eigenvalue weighted by atomic mass is 9.69. The van der Waals surface area contributed by atoms with Gasteiger partial charge in [0.2, 0.25) is 0 Å². The minimum atomic E-state index is 0.0846. The van der Waals surface area contributed by atoms with Crippen LogP contribution >= 0.6 is 0 Å². The molecule has 0 aromatic heterocycles. The van der Waals surface area contributed by atoms with Gasteiger partial charge in [-0.2, -0.15) is 0 Å². The largest absolute Gasteiger partial charge is 0.350 e. The molecule has 0 aromatic carbocycles. The van der Waals surface area contributed by atoms with E-state index in [9.17, 15) is 4.79 Å². The summed E-state index contributed by atoms with van der Waals surface area (Å²) in [4.78, 5) is 10.8. The highest BCUT2D eigenvalue weighted by molar-refractivity contribution is 5.53. The summed E-state index contributed by atoms with van der Waals surface area (Å²) >= 11 is 0. The molecule has 1 saturated heterocycles. The Kier molecular flexibility index (Phi) is 5.70. The van der Waals surface area contributed by atoms with Crippen LogP contribution in [0.3, 0.4) is 0 Å². The molecule has 0 spiro atoms. The highest BCUT2D eigenvalue weighted by Crippen LogP contribution is 2.42. The van der Waals surface area contributed by atoms with Crippen molar-refractivity contribution in [2.75, 3.05) is 13.2 Å². The fourth-order valence-electron chi connectivity index (χ4n) is 4.65. The summed E-state index contributed by atoms with van der Waals surface area (Å²) in [5.74, 6) is 3.10. The first-order valence-electron chi connectivity index (χ1n) is 9.03. The molecule has 3 heteroatoms. The number of carbonyl (C=O) groups is 1. The predicted octanol–water partition coefficient (Wildman–Crippen LogP) is 3.95. The second kappa shape index (κ2) is 7.73. The van der Waals surface area contributed by atoms with Crippen molar-refractivity contribution in [3.05, 3.63) is 0 Å². The zero-order valence-electron chi connectivity index (χ0n) is 13.2. The van der Waals surface area contributed by atoms with Gasteiger partial charge in [-0.25, -0.2) is 0 Å². The van der Waals surface area contributed by atoms with Gasteiger partial charge in [-0.1, -0.05) is 12.8 Å². The van der Waals surface area contributed by atoms with Crippen molar-refractivity contribution in [1.82, 2.24) is 0 Å². The second-order valence-electron chi connectivity index (χ2n) is 7.34. The van der Waals surface area contributed by atoms with Crippen molar-refractivity contribution >= 4 is 6.29 Å². The van der Waals surface area contributed by atoms with Crippen molar-refractivity contribution in [2.24, 2.45) is 23.7 Å². The van der Waals surface area contributed by atoms with Crippen LogP contribution in [0.2, 0.25) is 0 Å². The lowest BCUT2D eigenvalue weighted by Crippen LogP contribution is -2.26. The third-order valence-corrected chi connectivity index (χ3v) is 6.07. The van der Waals surface area contributed by atoms with E-state index < -0.39 is 0 Å². The van der Waals surface area contributed by atoms with Crippen molar-refractivity contribution in [3.63, 3.8) is 0 Å². The molecule has 2 saturated carbocycles. The van der Waals surface area contributed by atoms with Gasteiger partial charge in [-0.3, -0.25) is 0 Å². The van der Waals surface area contributed by atoms with E-state index in [4.69, 9.17) is 9.47 Å². The topological polar surface area (TPSA) is 35.5 Å². The van der Waals surface area contributed by atoms with Crippen LogP contribution in [-0.4, -0.2) is 25.8 Å². The Balaban J connectivity index is 1.34. The second-order valence-corrected chi connectivity index (χ2v) is 7.34. The fraction of sp³-hybridized carbons (Fsp3) is 0.944. The monoisotopic (exact) mass is 294 g/mol. The van der Waals surface area contributed by atoms with Crippen molar-refractivity contribution in [2.45, 2.75) is 70.5 Å². The number of carbonyl (C=O) groups excluding carboxylic acids is 1. The number of hydrogen-bond acceptors (Lipinski definition) is 3. The smallest absolute Gasteiger partial charge is 0.157 e. The van der Waals surface area contributed by atoms with Crippen LogP contribution in [0.15, 0.2) is 0 Å². The van der Waals surface area contributed by atoms with Crippen molar-refractivity contribution in [3.8, 4) is 0 Å². The molecule has 0 atom stereocenters. The number of hydrogen-bond donors (Lipinski definition) is 0. The molecule has 3 fully saturated rings. The van der Waals surface area contributed by atoms with Crippen LogP contribution in [0.25, 0.3) is 0 Å². The molecule has 0 bridgehead atoms. The molecule has 21 heavy (non-hydrogen) atoms. The van der Waals surface area contributed by atoms with E-state index in [0.717, 1.165) is 50.2 Å². The summed E-state index contributed by atoms with van der Waals surface area (Å²) in [5, 5.41) is 0. The lowest BCUT2D eigenvalue weighted by Gasteiger charge is -2.37. The Morgan fingerprint density at radius 1 is 0.762 bits per heavy atom. The number of aldehydes is 1. The minimum Gasteiger partial charge on any atom is -0.350 e. The average Bonchev–Trinajstić information content (AvgIpc) is 3.07. The highest BCUT2D eigenvalue weighted by Gasteiger charge is 2.31. The average molecular weight is 294 g/mol. The van der Waals surface area contributed by atoms with Gasteiger partial charge in [0, 0.05) is 5.92 Å². The quantitative estimate of drug-likeness (QED) is 0.720. The third-order valence-electron chi connectivity index (χ3n) is 6.07. The maximum atomic E-state index is 10.8. The summed E-state index contributed by atoms with van der Waals surface area (Å²) in [7, 11) is 0. The molecule has 2 aliphatic carbocycles. The number of rotatable bonds is 5. The molecule has 120 valence electrons. The molecule has 1 aliphatic heterocycles. The Bertz CT molecular complexity index is 308. The van der Waals surface area contributed by atoms with Gasteiger partial charge in [-0.15, -0.1) is 0 Å². The number of ether oxygens (including phenoxy) is 2. The van der Waals surface area contributed by atoms with E-state index in [2.05, 4.69) is 0 Å². The normalized spacial score (nSPS) is 38.5. The molecular weight excluding hydrogens is 264 g/mol. The minimum absolute atomic E-state index is 0.0846. The van der Waals surface area contributed by atoms with Gasteiger partial charge < -0.3 is 14.3 Å². The van der Waals surface area contributed by atoms with Gasteiger partial charge in [0.15, 0.2) is 6.29 Å². The molecule has 3 rings (SSSR count). The Morgan fingerprint density at radius 3 is 1.90 bits per heavy atom. The van der Waals surface area contributed by atoms with E-state index in [1.165, 1.54) is 51.2 Å². The molecular formula is C18H30O3. The lowest BCUT2D eigenvalue weighted by molar-refractivity contribution is -0.112. The van der Waals surface area contributed by atoms with Crippen molar-refractivity contribution in [1.29, 1.82) is 0 Å². The van der Waals surface area contributed by atoms with Gasteiger partial charge in [-0.05, 0) is 69.1 Å². The summed E-state index contributed by atoms with van der Waals surface area (Å²) in [6, 6.07) is 0. The maximum absolute atomic E-state index is 10.8. The molecule has 3 aliphatic rings. The first-order chi connectivity index (χ1) is 10.3. The van der Waals surface area contributed by atoms with Crippen LogP contribution in [0, 0.1) is 23.7 Å². The van der Waals surface area contributed by atoms with Crippen LogP contribution in [0.1, 0.15) is 64.2 Å². The highest BCUT2D eigenvalue weighted by atomic mass is 16.7. The maximum Gasteiger partial charge on any atom is 0.157 e.